The van der Waals surface area contributed by atoms with Crippen molar-refractivity contribution in [1.29, 1.82) is 0 Å². The zero-order valence-electron chi connectivity index (χ0n) is 23.4. The van der Waals surface area contributed by atoms with Gasteiger partial charge < -0.3 is 9.47 Å². The number of hydrogen-bond acceptors (Lipinski definition) is 3. The lowest BCUT2D eigenvalue weighted by molar-refractivity contribution is -0.150. The van der Waals surface area contributed by atoms with E-state index in [-0.39, 0.29) is 12.6 Å². The highest BCUT2D eigenvalue weighted by Gasteiger charge is 2.30. The van der Waals surface area contributed by atoms with E-state index < -0.39 is 12.0 Å². The van der Waals surface area contributed by atoms with Gasteiger partial charge in [-0.05, 0) is 60.8 Å². The van der Waals surface area contributed by atoms with Gasteiger partial charge in [-0.3, -0.25) is 4.79 Å². The summed E-state index contributed by atoms with van der Waals surface area (Å²) in [5, 5.41) is 8.95. The lowest BCUT2D eigenvalue weighted by Gasteiger charge is -2.26. The van der Waals surface area contributed by atoms with E-state index in [1.54, 1.807) is 7.11 Å². The number of fused-ring (bicyclic) bond motifs is 6. The summed E-state index contributed by atoms with van der Waals surface area (Å²) in [6, 6.07) is 47.7. The highest BCUT2D eigenvalue weighted by atomic mass is 16.5. The number of methoxy groups -OCH3 is 1. The average Bonchev–Trinajstić information content (AvgIpc) is 3.06. The minimum Gasteiger partial charge on any atom is -0.452 e. The minimum absolute atomic E-state index is 0.229. The molecule has 42 heavy (non-hydrogen) atoms. The maximum absolute atomic E-state index is 14.2. The lowest BCUT2D eigenvalue weighted by atomic mass is 9.88. The first-order valence-corrected chi connectivity index (χ1v) is 14.3. The van der Waals surface area contributed by atoms with Crippen LogP contribution in [0.2, 0.25) is 0 Å². The van der Waals surface area contributed by atoms with Crippen LogP contribution in [0.3, 0.4) is 0 Å². The quantitative estimate of drug-likeness (QED) is 0.148. The molecular weight excluding hydrogens is 516 g/mol. The van der Waals surface area contributed by atoms with Crippen LogP contribution in [0, 0.1) is 0 Å². The van der Waals surface area contributed by atoms with Crippen LogP contribution in [0.25, 0.3) is 43.1 Å². The zero-order valence-corrected chi connectivity index (χ0v) is 23.4. The van der Waals surface area contributed by atoms with Gasteiger partial charge in [0.1, 0.15) is 5.92 Å². The Hall–Kier alpha value is -4.99. The van der Waals surface area contributed by atoms with Gasteiger partial charge in [0.2, 0.25) is 0 Å². The third kappa shape index (κ3) is 4.58. The third-order valence-corrected chi connectivity index (χ3v) is 8.22. The molecule has 0 saturated carbocycles. The van der Waals surface area contributed by atoms with E-state index >= 15 is 0 Å². The van der Waals surface area contributed by atoms with Crippen LogP contribution >= 0.6 is 0 Å². The number of hydrogen-bond donors (Lipinski definition) is 0. The molecule has 0 fully saturated rings. The Kier molecular flexibility index (Phi) is 6.87. The fourth-order valence-corrected chi connectivity index (χ4v) is 6.25. The number of rotatable bonds is 7. The number of esters is 1. The van der Waals surface area contributed by atoms with Crippen LogP contribution in [-0.4, -0.2) is 19.7 Å². The van der Waals surface area contributed by atoms with Gasteiger partial charge in [-0.15, -0.1) is 0 Å². The van der Waals surface area contributed by atoms with E-state index in [1.165, 1.54) is 10.8 Å². The standard InChI is InChI=1S/C39H30O3/c1-41-25-37(26-13-3-2-4-14-26)39(40)42-38(35-23-27-15-5-7-17-29(27)31-19-9-11-21-33(31)35)36-24-28-16-6-8-18-30(28)32-20-10-12-22-34(32)36/h2-24,37-38H,25H2,1H3/t37-/m1/s1. The van der Waals surface area contributed by atoms with Gasteiger partial charge in [0, 0.05) is 18.2 Å². The third-order valence-electron chi connectivity index (χ3n) is 8.22. The Bertz CT molecular complexity index is 1940. The highest BCUT2D eigenvalue weighted by Crippen LogP contribution is 2.41. The molecule has 0 unspecified atom stereocenters. The molecule has 0 aromatic heterocycles. The maximum atomic E-state index is 14.2. The normalized spacial score (nSPS) is 12.3. The van der Waals surface area contributed by atoms with Crippen molar-refractivity contribution in [3.63, 3.8) is 0 Å². The average molecular weight is 547 g/mol. The number of benzene rings is 7. The molecule has 0 bridgehead atoms. The monoisotopic (exact) mass is 546 g/mol. The number of ether oxygens (including phenoxy) is 2. The molecule has 7 rings (SSSR count). The van der Waals surface area contributed by atoms with Crippen LogP contribution in [0.4, 0.5) is 0 Å². The molecule has 0 amide bonds. The Morgan fingerprint density at radius 3 is 1.48 bits per heavy atom. The summed E-state index contributed by atoms with van der Waals surface area (Å²) in [5.74, 6) is -0.875. The largest absolute Gasteiger partial charge is 0.452 e. The second kappa shape index (κ2) is 11.1. The van der Waals surface area contributed by atoms with Gasteiger partial charge in [0.05, 0.1) is 6.61 Å². The van der Waals surface area contributed by atoms with E-state index in [1.807, 2.05) is 30.3 Å². The molecule has 7 aromatic rings. The number of carbonyl (C=O) groups is 1. The predicted octanol–water partition coefficient (Wildman–Crippen LogP) is 9.36. The first-order chi connectivity index (χ1) is 20.7. The van der Waals surface area contributed by atoms with E-state index in [9.17, 15) is 4.79 Å². The van der Waals surface area contributed by atoms with Crippen LogP contribution in [0.15, 0.2) is 140 Å². The summed E-state index contributed by atoms with van der Waals surface area (Å²) in [4.78, 5) is 14.2. The maximum Gasteiger partial charge on any atom is 0.316 e. The molecule has 204 valence electrons. The van der Waals surface area contributed by atoms with Gasteiger partial charge >= 0.3 is 5.97 Å². The SMILES string of the molecule is COC[C@@H](C(=O)OC(c1cc2ccccc2c2ccccc12)c1cc2ccccc2c2ccccc12)c1ccccc1. The van der Waals surface area contributed by atoms with Crippen molar-refractivity contribution in [2.75, 3.05) is 13.7 Å². The summed E-state index contributed by atoms with van der Waals surface area (Å²) in [7, 11) is 1.62. The van der Waals surface area contributed by atoms with Gasteiger partial charge in [-0.1, -0.05) is 127 Å². The Balaban J connectivity index is 1.50. The topological polar surface area (TPSA) is 35.5 Å². The highest BCUT2D eigenvalue weighted by molar-refractivity contribution is 6.11. The van der Waals surface area contributed by atoms with Crippen molar-refractivity contribution >= 4 is 49.1 Å². The first-order valence-electron chi connectivity index (χ1n) is 14.3. The summed E-state index contributed by atoms with van der Waals surface area (Å²) >= 11 is 0. The molecule has 3 heteroatoms. The molecule has 0 aliphatic carbocycles. The van der Waals surface area contributed by atoms with Crippen molar-refractivity contribution in [3.05, 3.63) is 156 Å². The first kappa shape index (κ1) is 25.9. The summed E-state index contributed by atoms with van der Waals surface area (Å²) < 4.78 is 12.2. The molecule has 0 aliphatic heterocycles. The van der Waals surface area contributed by atoms with Crippen LogP contribution in [-0.2, 0) is 14.3 Å². The molecular formula is C39H30O3. The van der Waals surface area contributed by atoms with Crippen LogP contribution in [0.1, 0.15) is 28.7 Å². The zero-order chi connectivity index (χ0) is 28.5. The van der Waals surface area contributed by atoms with Gasteiger partial charge in [0.25, 0.3) is 0 Å². The smallest absolute Gasteiger partial charge is 0.316 e. The molecule has 3 nitrogen and oxygen atoms in total. The molecule has 0 radical (unpaired) electrons. The summed E-state index contributed by atoms with van der Waals surface area (Å²) in [6.07, 6.45) is -0.649. The van der Waals surface area contributed by atoms with Crippen molar-refractivity contribution in [1.82, 2.24) is 0 Å². The number of carbonyl (C=O) groups excluding carboxylic acids is 1. The van der Waals surface area contributed by atoms with Crippen LogP contribution in [0.5, 0.6) is 0 Å². The van der Waals surface area contributed by atoms with E-state index in [2.05, 4.69) is 109 Å². The summed E-state index contributed by atoms with van der Waals surface area (Å²) in [5.41, 5.74) is 2.79. The molecule has 0 aliphatic rings. The minimum atomic E-state index is -0.649. The van der Waals surface area contributed by atoms with E-state index in [0.29, 0.717) is 0 Å². The Morgan fingerprint density at radius 1 is 0.548 bits per heavy atom. The van der Waals surface area contributed by atoms with Gasteiger partial charge in [0.15, 0.2) is 6.10 Å². The van der Waals surface area contributed by atoms with Gasteiger partial charge in [-0.25, -0.2) is 0 Å². The fourth-order valence-electron chi connectivity index (χ4n) is 6.25. The summed E-state index contributed by atoms with van der Waals surface area (Å²) in [6.45, 7) is 0.229. The second-order valence-corrected chi connectivity index (χ2v) is 10.7. The molecule has 0 spiro atoms. The molecule has 0 heterocycles. The molecule has 0 N–H and O–H groups in total. The van der Waals surface area contributed by atoms with E-state index in [0.717, 1.165) is 49.0 Å². The predicted molar refractivity (Wildman–Crippen MR) is 172 cm³/mol. The molecule has 0 saturated heterocycles. The molecule has 7 aromatic carbocycles. The van der Waals surface area contributed by atoms with Gasteiger partial charge in [-0.2, -0.15) is 0 Å². The van der Waals surface area contributed by atoms with Crippen LogP contribution < -0.4 is 0 Å². The second-order valence-electron chi connectivity index (χ2n) is 10.7. The Labute approximate surface area is 244 Å². The lowest BCUT2D eigenvalue weighted by Crippen LogP contribution is -2.23. The van der Waals surface area contributed by atoms with Crippen molar-refractivity contribution in [2.45, 2.75) is 12.0 Å². The van der Waals surface area contributed by atoms with Crippen molar-refractivity contribution < 1.29 is 14.3 Å². The van der Waals surface area contributed by atoms with E-state index in [4.69, 9.17) is 9.47 Å². The molecule has 1 atom stereocenters. The fraction of sp³-hybridized carbons (Fsp3) is 0.103. The van der Waals surface area contributed by atoms with Crippen molar-refractivity contribution in [2.24, 2.45) is 0 Å². The Morgan fingerprint density at radius 2 is 0.976 bits per heavy atom. The van der Waals surface area contributed by atoms with Crippen molar-refractivity contribution in [3.8, 4) is 0 Å².